The first-order chi connectivity index (χ1) is 11.0. The lowest BCUT2D eigenvalue weighted by atomic mass is 10.1. The monoisotopic (exact) mass is 337 g/mol. The second-order valence-corrected chi connectivity index (χ2v) is 5.75. The molecule has 0 saturated carbocycles. The third kappa shape index (κ3) is 3.37. The van der Waals surface area contributed by atoms with Crippen molar-refractivity contribution in [1.29, 1.82) is 0 Å². The number of alkyl halides is 3. The Morgan fingerprint density at radius 2 is 2.04 bits per heavy atom. The van der Waals surface area contributed by atoms with Crippen molar-refractivity contribution in [3.8, 4) is 0 Å². The molecule has 8 heteroatoms. The molecule has 0 atom stereocenters. The highest BCUT2D eigenvalue weighted by Gasteiger charge is 2.27. The van der Waals surface area contributed by atoms with Gasteiger partial charge in [0, 0.05) is 21.9 Å². The van der Waals surface area contributed by atoms with Crippen LogP contribution in [0.4, 0.5) is 13.2 Å². The average Bonchev–Trinajstić information content (AvgIpc) is 2.52. The van der Waals surface area contributed by atoms with Crippen LogP contribution in [0.25, 0.3) is 21.8 Å². The van der Waals surface area contributed by atoms with Crippen molar-refractivity contribution in [2.24, 2.45) is 5.16 Å². The highest BCUT2D eigenvalue weighted by atomic mass is 32.2. The Bertz CT molecular complexity index is 896. The molecule has 2 heterocycles. The van der Waals surface area contributed by atoms with Gasteiger partial charge in [0.25, 0.3) is 0 Å². The van der Waals surface area contributed by atoms with Crippen molar-refractivity contribution >= 4 is 39.8 Å². The fourth-order valence-electron chi connectivity index (χ4n) is 2.22. The van der Waals surface area contributed by atoms with E-state index in [-0.39, 0.29) is 5.69 Å². The number of oxime groups is 1. The molecule has 0 fully saturated rings. The van der Waals surface area contributed by atoms with E-state index in [0.717, 1.165) is 11.6 Å². The Morgan fingerprint density at radius 3 is 2.78 bits per heavy atom. The summed E-state index contributed by atoms with van der Waals surface area (Å²) in [5.74, 6) is -1.01. The van der Waals surface area contributed by atoms with Crippen molar-refractivity contribution in [1.82, 2.24) is 9.97 Å². The van der Waals surface area contributed by atoms with Gasteiger partial charge in [-0.1, -0.05) is 23.4 Å². The van der Waals surface area contributed by atoms with Crippen molar-refractivity contribution in [3.05, 3.63) is 42.2 Å². The zero-order valence-electron chi connectivity index (χ0n) is 11.6. The smallest absolute Gasteiger partial charge is 0.398 e. The molecule has 0 saturated heterocycles. The number of nitrogens with zero attached hydrogens (tertiary/aromatic N) is 3. The van der Waals surface area contributed by atoms with Gasteiger partial charge in [0.15, 0.2) is 0 Å². The SMILES string of the molecule is ON=Cc1cc(SCC(F)(F)F)c2ccc3cccnc3c2n1. The van der Waals surface area contributed by atoms with E-state index in [1.54, 1.807) is 24.4 Å². The van der Waals surface area contributed by atoms with Gasteiger partial charge >= 0.3 is 6.18 Å². The van der Waals surface area contributed by atoms with Crippen molar-refractivity contribution in [3.63, 3.8) is 0 Å². The van der Waals surface area contributed by atoms with Gasteiger partial charge < -0.3 is 5.21 Å². The molecule has 3 rings (SSSR count). The maximum atomic E-state index is 12.5. The number of pyridine rings is 2. The quantitative estimate of drug-likeness (QED) is 0.255. The van der Waals surface area contributed by atoms with E-state index in [1.807, 2.05) is 6.07 Å². The second-order valence-electron chi connectivity index (χ2n) is 4.73. The summed E-state index contributed by atoms with van der Waals surface area (Å²) in [6.07, 6.45) is -1.60. The van der Waals surface area contributed by atoms with Gasteiger partial charge in [0.1, 0.15) is 0 Å². The van der Waals surface area contributed by atoms with E-state index >= 15 is 0 Å². The molecule has 0 amide bonds. The summed E-state index contributed by atoms with van der Waals surface area (Å²) in [4.78, 5) is 9.00. The zero-order valence-corrected chi connectivity index (χ0v) is 12.4. The van der Waals surface area contributed by atoms with E-state index in [2.05, 4.69) is 15.1 Å². The summed E-state index contributed by atoms with van der Waals surface area (Å²) in [5.41, 5.74) is 1.33. The lowest BCUT2D eigenvalue weighted by Crippen LogP contribution is -2.10. The van der Waals surface area contributed by atoms with Gasteiger partial charge in [-0.2, -0.15) is 13.2 Å². The fourth-order valence-corrected chi connectivity index (χ4v) is 3.06. The van der Waals surface area contributed by atoms with Crippen LogP contribution in [0.3, 0.4) is 0 Å². The van der Waals surface area contributed by atoms with Crippen LogP contribution in [0.5, 0.6) is 0 Å². The van der Waals surface area contributed by atoms with Gasteiger partial charge in [-0.3, -0.25) is 4.98 Å². The molecule has 23 heavy (non-hydrogen) atoms. The Morgan fingerprint density at radius 1 is 1.22 bits per heavy atom. The number of thioether (sulfide) groups is 1. The predicted molar refractivity (Wildman–Crippen MR) is 83.2 cm³/mol. The molecular formula is C15H10F3N3OS. The van der Waals surface area contributed by atoms with Crippen molar-refractivity contribution in [2.75, 3.05) is 5.75 Å². The van der Waals surface area contributed by atoms with E-state index < -0.39 is 11.9 Å². The number of halogens is 3. The molecule has 118 valence electrons. The fraction of sp³-hybridized carbons (Fsp3) is 0.133. The zero-order chi connectivity index (χ0) is 16.4. The van der Waals surface area contributed by atoms with Crippen LogP contribution in [-0.2, 0) is 0 Å². The van der Waals surface area contributed by atoms with Crippen LogP contribution in [-0.4, -0.2) is 33.3 Å². The summed E-state index contributed by atoms with van der Waals surface area (Å²) in [6, 6.07) is 8.60. The van der Waals surface area contributed by atoms with E-state index in [0.29, 0.717) is 33.1 Å². The number of fused-ring (bicyclic) bond motifs is 3. The number of hydrogen-bond donors (Lipinski definition) is 1. The number of hydrogen-bond acceptors (Lipinski definition) is 5. The van der Waals surface area contributed by atoms with E-state index in [4.69, 9.17) is 5.21 Å². The number of rotatable bonds is 3. The van der Waals surface area contributed by atoms with Gasteiger partial charge in [0.2, 0.25) is 0 Å². The minimum Gasteiger partial charge on any atom is -0.411 e. The van der Waals surface area contributed by atoms with Gasteiger partial charge in [-0.15, -0.1) is 11.8 Å². The molecule has 0 unspecified atom stereocenters. The van der Waals surface area contributed by atoms with Crippen LogP contribution >= 0.6 is 11.8 Å². The predicted octanol–water partition coefficient (Wildman–Crippen LogP) is 4.25. The number of aromatic nitrogens is 2. The van der Waals surface area contributed by atoms with Gasteiger partial charge in [0.05, 0.1) is 28.7 Å². The first kappa shape index (κ1) is 15.5. The van der Waals surface area contributed by atoms with E-state index in [9.17, 15) is 13.2 Å². The highest BCUT2D eigenvalue weighted by molar-refractivity contribution is 7.99. The molecule has 0 aliphatic carbocycles. The molecular weight excluding hydrogens is 327 g/mol. The maximum Gasteiger partial charge on any atom is 0.398 e. The highest BCUT2D eigenvalue weighted by Crippen LogP contribution is 2.34. The van der Waals surface area contributed by atoms with Crippen LogP contribution in [0.2, 0.25) is 0 Å². The lowest BCUT2D eigenvalue weighted by molar-refractivity contribution is -0.105. The molecule has 0 aliphatic heterocycles. The third-order valence-corrected chi connectivity index (χ3v) is 4.24. The molecule has 4 nitrogen and oxygen atoms in total. The van der Waals surface area contributed by atoms with Crippen LogP contribution < -0.4 is 0 Å². The summed E-state index contributed by atoms with van der Waals surface area (Å²) < 4.78 is 37.6. The standard InChI is InChI=1S/C15H10F3N3OS/c16-15(17,18)8-23-12-6-10(7-20-22)21-14-11(12)4-3-9-2-1-5-19-13(9)14/h1-7,22H,8H2. The molecule has 0 radical (unpaired) electrons. The van der Waals surface area contributed by atoms with Crippen LogP contribution in [0, 0.1) is 0 Å². The molecule has 0 aliphatic rings. The van der Waals surface area contributed by atoms with Crippen molar-refractivity contribution < 1.29 is 18.4 Å². The third-order valence-electron chi connectivity index (χ3n) is 3.11. The van der Waals surface area contributed by atoms with Crippen LogP contribution in [0.1, 0.15) is 5.69 Å². The minimum absolute atomic E-state index is 0.267. The molecule has 2 aromatic heterocycles. The normalized spacial score (nSPS) is 12.5. The summed E-state index contributed by atoms with van der Waals surface area (Å²) in [7, 11) is 0. The maximum absolute atomic E-state index is 12.5. The second kappa shape index (κ2) is 6.04. The molecule has 3 aromatic rings. The first-order valence-corrected chi connectivity index (χ1v) is 7.52. The Balaban J connectivity index is 2.23. The Kier molecular flexibility index (Phi) is 4.08. The average molecular weight is 337 g/mol. The summed E-state index contributed by atoms with van der Waals surface area (Å²) in [6.45, 7) is 0. The minimum atomic E-state index is -4.28. The topological polar surface area (TPSA) is 58.4 Å². The molecule has 1 N–H and O–H groups in total. The molecule has 1 aromatic carbocycles. The lowest BCUT2D eigenvalue weighted by Gasteiger charge is -2.10. The van der Waals surface area contributed by atoms with Crippen LogP contribution in [0.15, 0.2) is 46.6 Å². The molecule has 0 spiro atoms. The van der Waals surface area contributed by atoms with E-state index in [1.165, 1.54) is 6.07 Å². The van der Waals surface area contributed by atoms with Gasteiger partial charge in [-0.05, 0) is 12.1 Å². The Hall–Kier alpha value is -2.35. The largest absolute Gasteiger partial charge is 0.411 e. The summed E-state index contributed by atoms with van der Waals surface area (Å²) >= 11 is 0.669. The van der Waals surface area contributed by atoms with Crippen molar-refractivity contribution in [2.45, 2.75) is 11.1 Å². The number of benzene rings is 1. The molecule has 0 bridgehead atoms. The summed E-state index contributed by atoms with van der Waals surface area (Å²) in [5, 5.41) is 13.0. The van der Waals surface area contributed by atoms with Gasteiger partial charge in [-0.25, -0.2) is 4.98 Å². The first-order valence-electron chi connectivity index (χ1n) is 6.53. The Labute approximate surface area is 133 Å².